The Balaban J connectivity index is 1.53. The number of ether oxygens (including phenoxy) is 2. The van der Waals surface area contributed by atoms with Crippen molar-refractivity contribution in [2.75, 3.05) is 6.61 Å². The van der Waals surface area contributed by atoms with Gasteiger partial charge in [-0.1, -0.05) is 48.0 Å². The lowest BCUT2D eigenvalue weighted by atomic mass is 10.1. The molecule has 0 spiro atoms. The Labute approximate surface area is 216 Å². The first-order chi connectivity index (χ1) is 16.9. The Kier molecular flexibility index (Phi) is 8.05. The Morgan fingerprint density at radius 3 is 2.54 bits per heavy atom. The van der Waals surface area contributed by atoms with E-state index in [2.05, 4.69) is 26.2 Å². The molecule has 3 aromatic rings. The van der Waals surface area contributed by atoms with E-state index < -0.39 is 5.91 Å². The number of amidine groups is 1. The van der Waals surface area contributed by atoms with Gasteiger partial charge in [0.15, 0.2) is 16.7 Å². The van der Waals surface area contributed by atoms with Crippen LogP contribution in [0.15, 0.2) is 81.1 Å². The lowest BCUT2D eigenvalue weighted by molar-refractivity contribution is -0.115. The number of nitrogens with zero attached hydrogens (tertiary/aromatic N) is 1. The maximum absolute atomic E-state index is 12.5. The van der Waals surface area contributed by atoms with Gasteiger partial charge in [0.2, 0.25) is 0 Å². The van der Waals surface area contributed by atoms with Crippen LogP contribution in [-0.4, -0.2) is 23.6 Å². The van der Waals surface area contributed by atoms with E-state index in [0.717, 1.165) is 22.9 Å². The fourth-order valence-corrected chi connectivity index (χ4v) is 4.68. The van der Waals surface area contributed by atoms with Crippen LogP contribution in [-0.2, 0) is 11.4 Å². The average molecular weight is 551 g/mol. The normalized spacial score (nSPS) is 15.3. The van der Waals surface area contributed by atoms with Crippen LogP contribution in [0, 0.1) is 6.92 Å². The SMILES string of the molecule is CCOc1cc(/C=C2\SC(=NC(=O)c3ccccc3)NC2=O)cc(Br)c1OCc1ccc(C)cc1. The zero-order chi connectivity index (χ0) is 24.8. The number of aryl methyl sites for hydroxylation is 1. The van der Waals surface area contributed by atoms with Crippen LogP contribution < -0.4 is 14.8 Å². The third-order valence-corrected chi connectivity index (χ3v) is 6.51. The summed E-state index contributed by atoms with van der Waals surface area (Å²) >= 11 is 4.69. The van der Waals surface area contributed by atoms with Gasteiger partial charge in [0.05, 0.1) is 16.0 Å². The van der Waals surface area contributed by atoms with Gasteiger partial charge in [-0.2, -0.15) is 4.99 Å². The highest BCUT2D eigenvalue weighted by Crippen LogP contribution is 2.39. The second kappa shape index (κ2) is 11.4. The lowest BCUT2D eigenvalue weighted by Crippen LogP contribution is -2.20. The van der Waals surface area contributed by atoms with Crippen molar-refractivity contribution in [2.24, 2.45) is 4.99 Å². The number of benzene rings is 3. The molecule has 1 fully saturated rings. The standard InChI is InChI=1S/C27H23BrN2O4S/c1-3-33-22-14-19(13-21(28)24(22)34-16-18-11-9-17(2)10-12-18)15-23-26(32)30-27(35-23)29-25(31)20-7-5-4-6-8-20/h4-15H,3,16H2,1-2H3,(H,29,30,31,32)/b23-15-. The first kappa shape index (κ1) is 24.8. The molecule has 1 N–H and O–H groups in total. The minimum absolute atomic E-state index is 0.247. The van der Waals surface area contributed by atoms with Crippen LogP contribution in [0.25, 0.3) is 6.08 Å². The van der Waals surface area contributed by atoms with E-state index in [1.54, 1.807) is 30.3 Å². The highest BCUT2D eigenvalue weighted by atomic mass is 79.9. The Hall–Kier alpha value is -3.36. The Morgan fingerprint density at radius 2 is 1.83 bits per heavy atom. The first-order valence-electron chi connectivity index (χ1n) is 11.0. The minimum Gasteiger partial charge on any atom is -0.490 e. The number of carbonyl (C=O) groups is 2. The molecule has 1 aliphatic rings. The largest absolute Gasteiger partial charge is 0.490 e. The van der Waals surface area contributed by atoms with Crippen LogP contribution in [0.1, 0.15) is 34.0 Å². The number of hydrogen-bond donors (Lipinski definition) is 1. The summed E-state index contributed by atoms with van der Waals surface area (Å²) in [5, 5.41) is 2.90. The van der Waals surface area contributed by atoms with Crippen molar-refractivity contribution in [3.8, 4) is 11.5 Å². The summed E-state index contributed by atoms with van der Waals surface area (Å²) in [7, 11) is 0. The van der Waals surface area contributed by atoms with Crippen LogP contribution in [0.2, 0.25) is 0 Å². The summed E-state index contributed by atoms with van der Waals surface area (Å²) in [6.07, 6.45) is 1.73. The van der Waals surface area contributed by atoms with Crippen LogP contribution in [0.3, 0.4) is 0 Å². The summed E-state index contributed by atoms with van der Waals surface area (Å²) in [6, 6.07) is 20.5. The van der Waals surface area contributed by atoms with Gasteiger partial charge in [-0.3, -0.25) is 9.59 Å². The quantitative estimate of drug-likeness (QED) is 0.358. The zero-order valence-electron chi connectivity index (χ0n) is 19.2. The van der Waals surface area contributed by atoms with Crippen molar-refractivity contribution >= 4 is 50.7 Å². The number of rotatable bonds is 7. The molecule has 0 radical (unpaired) electrons. The fourth-order valence-electron chi connectivity index (χ4n) is 3.28. The predicted molar refractivity (Wildman–Crippen MR) is 143 cm³/mol. The summed E-state index contributed by atoms with van der Waals surface area (Å²) in [6.45, 7) is 4.80. The Bertz CT molecular complexity index is 1300. The molecule has 0 atom stereocenters. The third-order valence-electron chi connectivity index (χ3n) is 5.01. The number of halogens is 1. The molecule has 0 saturated carbocycles. The maximum atomic E-state index is 12.5. The lowest BCUT2D eigenvalue weighted by Gasteiger charge is -2.15. The van der Waals surface area contributed by atoms with E-state index >= 15 is 0 Å². The van der Waals surface area contributed by atoms with E-state index in [0.29, 0.717) is 39.7 Å². The number of thioether (sulfide) groups is 1. The first-order valence-corrected chi connectivity index (χ1v) is 12.6. The van der Waals surface area contributed by atoms with Gasteiger partial charge in [-0.05, 0) is 83.0 Å². The number of amides is 2. The summed E-state index contributed by atoms with van der Waals surface area (Å²) in [4.78, 5) is 29.3. The van der Waals surface area contributed by atoms with Crippen LogP contribution >= 0.6 is 27.7 Å². The molecular weight excluding hydrogens is 528 g/mol. The molecule has 178 valence electrons. The fraction of sp³-hybridized carbons (Fsp3) is 0.148. The molecule has 0 aliphatic carbocycles. The van der Waals surface area contributed by atoms with Gasteiger partial charge in [0, 0.05) is 5.56 Å². The number of hydrogen-bond acceptors (Lipinski definition) is 5. The van der Waals surface area contributed by atoms with Gasteiger partial charge in [0.25, 0.3) is 11.8 Å². The summed E-state index contributed by atoms with van der Waals surface area (Å²) in [5.74, 6) is 0.431. The predicted octanol–water partition coefficient (Wildman–Crippen LogP) is 6.14. The van der Waals surface area contributed by atoms with Crippen molar-refractivity contribution < 1.29 is 19.1 Å². The number of carbonyl (C=O) groups excluding carboxylic acids is 2. The van der Waals surface area contributed by atoms with Crippen molar-refractivity contribution in [1.29, 1.82) is 0 Å². The van der Waals surface area contributed by atoms with Crippen molar-refractivity contribution in [3.05, 3.63) is 98.4 Å². The molecule has 1 heterocycles. The molecule has 6 nitrogen and oxygen atoms in total. The molecule has 4 rings (SSSR count). The van der Waals surface area contributed by atoms with E-state index in [-0.39, 0.29) is 11.1 Å². The minimum atomic E-state index is -0.411. The molecule has 0 aromatic heterocycles. The van der Waals surface area contributed by atoms with E-state index in [4.69, 9.17) is 9.47 Å². The molecule has 0 unspecified atom stereocenters. The summed E-state index contributed by atoms with van der Waals surface area (Å²) < 4.78 is 12.6. The summed E-state index contributed by atoms with van der Waals surface area (Å²) in [5.41, 5.74) is 3.44. The zero-order valence-corrected chi connectivity index (χ0v) is 21.6. The monoisotopic (exact) mass is 550 g/mol. The van der Waals surface area contributed by atoms with E-state index in [9.17, 15) is 9.59 Å². The van der Waals surface area contributed by atoms with Gasteiger partial charge < -0.3 is 14.8 Å². The highest BCUT2D eigenvalue weighted by molar-refractivity contribution is 9.10. The van der Waals surface area contributed by atoms with Crippen LogP contribution in [0.5, 0.6) is 11.5 Å². The van der Waals surface area contributed by atoms with Gasteiger partial charge in [-0.15, -0.1) is 0 Å². The van der Waals surface area contributed by atoms with Crippen LogP contribution in [0.4, 0.5) is 0 Å². The number of aliphatic imine (C=N–C) groups is 1. The molecule has 0 bridgehead atoms. The van der Waals surface area contributed by atoms with E-state index in [1.165, 1.54) is 5.56 Å². The molecule has 35 heavy (non-hydrogen) atoms. The molecule has 8 heteroatoms. The second-order valence-corrected chi connectivity index (χ2v) is 9.58. The van der Waals surface area contributed by atoms with Gasteiger partial charge in [-0.25, -0.2) is 0 Å². The molecular formula is C27H23BrN2O4S. The highest BCUT2D eigenvalue weighted by Gasteiger charge is 2.25. The molecule has 1 saturated heterocycles. The van der Waals surface area contributed by atoms with Gasteiger partial charge >= 0.3 is 0 Å². The third kappa shape index (κ3) is 6.41. The van der Waals surface area contributed by atoms with Gasteiger partial charge in [0.1, 0.15) is 6.61 Å². The molecule has 2 amide bonds. The van der Waals surface area contributed by atoms with E-state index in [1.807, 2.05) is 56.3 Å². The topological polar surface area (TPSA) is 77.0 Å². The Morgan fingerprint density at radius 1 is 1.09 bits per heavy atom. The molecule has 1 aliphatic heterocycles. The second-order valence-electron chi connectivity index (χ2n) is 7.69. The van der Waals surface area contributed by atoms with Crippen molar-refractivity contribution in [3.63, 3.8) is 0 Å². The molecule has 3 aromatic carbocycles. The average Bonchev–Trinajstić information content (AvgIpc) is 3.18. The maximum Gasteiger partial charge on any atom is 0.279 e. The van der Waals surface area contributed by atoms with Crippen molar-refractivity contribution in [2.45, 2.75) is 20.5 Å². The number of nitrogens with one attached hydrogen (secondary N) is 1. The van der Waals surface area contributed by atoms with Crippen molar-refractivity contribution in [1.82, 2.24) is 5.32 Å². The smallest absolute Gasteiger partial charge is 0.279 e.